The Hall–Kier alpha value is -1.54. The Morgan fingerprint density at radius 1 is 1.25 bits per heavy atom. The number of rotatable bonds is 3. The molecule has 3 heteroatoms. The lowest BCUT2D eigenvalue weighted by Gasteiger charge is -2.06. The zero-order valence-corrected chi connectivity index (χ0v) is 9.83. The molecule has 0 saturated carbocycles. The van der Waals surface area contributed by atoms with Crippen LogP contribution in [0.15, 0.2) is 42.6 Å². The van der Waals surface area contributed by atoms with Gasteiger partial charge in [0.25, 0.3) is 0 Å². The number of pyridine rings is 1. The molecule has 2 rings (SSSR count). The van der Waals surface area contributed by atoms with Crippen molar-refractivity contribution in [3.8, 4) is 0 Å². The van der Waals surface area contributed by atoms with Crippen LogP contribution in [-0.4, -0.2) is 4.98 Å². The number of hydrogen-bond acceptors (Lipinski definition) is 2. The minimum absolute atomic E-state index is 0.646. The average Bonchev–Trinajstić information content (AvgIpc) is 2.32. The van der Waals surface area contributed by atoms with Crippen LogP contribution < -0.4 is 5.32 Å². The van der Waals surface area contributed by atoms with Crippen LogP contribution in [0.5, 0.6) is 0 Å². The first-order valence-electron chi connectivity index (χ1n) is 5.25. The Morgan fingerprint density at radius 2 is 2.12 bits per heavy atom. The number of anilines is 2. The summed E-state index contributed by atoms with van der Waals surface area (Å²) in [6.45, 7) is 2.14. The molecule has 0 amide bonds. The molecule has 1 N–H and O–H groups in total. The van der Waals surface area contributed by atoms with Gasteiger partial charge in [-0.05, 0) is 36.2 Å². The molecule has 1 aromatic carbocycles. The fraction of sp³-hybridized carbons (Fsp3) is 0.154. The van der Waals surface area contributed by atoms with Crippen LogP contribution in [0.1, 0.15) is 12.5 Å². The van der Waals surface area contributed by atoms with Gasteiger partial charge in [-0.3, -0.25) is 0 Å². The lowest BCUT2D eigenvalue weighted by molar-refractivity contribution is 1.14. The third-order valence-corrected chi connectivity index (χ3v) is 2.56. The molecule has 0 bridgehead atoms. The van der Waals surface area contributed by atoms with E-state index in [1.807, 2.05) is 24.3 Å². The van der Waals surface area contributed by atoms with E-state index in [0.29, 0.717) is 5.02 Å². The minimum Gasteiger partial charge on any atom is -0.340 e. The lowest BCUT2D eigenvalue weighted by atomic mass is 10.1. The number of halogens is 1. The topological polar surface area (TPSA) is 24.9 Å². The molecular formula is C13H13ClN2. The van der Waals surface area contributed by atoms with E-state index < -0.39 is 0 Å². The second-order valence-corrected chi connectivity index (χ2v) is 3.98. The Bertz CT molecular complexity index is 466. The summed E-state index contributed by atoms with van der Waals surface area (Å²) in [7, 11) is 0. The predicted molar refractivity (Wildman–Crippen MR) is 68.3 cm³/mol. The van der Waals surface area contributed by atoms with Crippen LogP contribution in [0.2, 0.25) is 5.02 Å². The SMILES string of the molecule is CCc1cccc(Nc2ccc(Cl)cn2)c1. The highest BCUT2D eigenvalue weighted by Crippen LogP contribution is 2.17. The molecule has 0 spiro atoms. The molecule has 0 atom stereocenters. The molecule has 1 aromatic heterocycles. The van der Waals surface area contributed by atoms with Crippen molar-refractivity contribution in [2.75, 3.05) is 5.32 Å². The molecule has 0 aliphatic rings. The summed E-state index contributed by atoms with van der Waals surface area (Å²) in [5, 5.41) is 3.88. The van der Waals surface area contributed by atoms with Crippen LogP contribution in [0.3, 0.4) is 0 Å². The molecule has 16 heavy (non-hydrogen) atoms. The van der Waals surface area contributed by atoms with Crippen molar-refractivity contribution < 1.29 is 0 Å². The molecular weight excluding hydrogens is 220 g/mol. The first-order chi connectivity index (χ1) is 7.78. The summed E-state index contributed by atoms with van der Waals surface area (Å²) < 4.78 is 0. The van der Waals surface area contributed by atoms with Crippen molar-refractivity contribution in [3.63, 3.8) is 0 Å². The van der Waals surface area contributed by atoms with E-state index in [0.717, 1.165) is 17.9 Å². The number of benzene rings is 1. The maximum Gasteiger partial charge on any atom is 0.130 e. The molecule has 0 saturated heterocycles. The lowest BCUT2D eigenvalue weighted by Crippen LogP contribution is -1.93. The van der Waals surface area contributed by atoms with E-state index in [2.05, 4.69) is 29.4 Å². The highest BCUT2D eigenvalue weighted by molar-refractivity contribution is 6.30. The standard InChI is InChI=1S/C13H13ClN2/c1-2-10-4-3-5-12(8-10)16-13-7-6-11(14)9-15-13/h3-9H,2H2,1H3,(H,15,16). The first kappa shape index (κ1) is 11.0. The quantitative estimate of drug-likeness (QED) is 0.864. The first-order valence-corrected chi connectivity index (χ1v) is 5.63. The summed E-state index contributed by atoms with van der Waals surface area (Å²) >= 11 is 5.77. The van der Waals surface area contributed by atoms with Gasteiger partial charge in [0.15, 0.2) is 0 Å². The number of aryl methyl sites for hydroxylation is 1. The summed E-state index contributed by atoms with van der Waals surface area (Å²) in [4.78, 5) is 4.19. The summed E-state index contributed by atoms with van der Waals surface area (Å²) in [5.74, 6) is 0.803. The number of nitrogens with zero attached hydrogens (tertiary/aromatic N) is 1. The Balaban J connectivity index is 2.16. The van der Waals surface area contributed by atoms with Gasteiger partial charge in [0.05, 0.1) is 5.02 Å². The second-order valence-electron chi connectivity index (χ2n) is 3.54. The monoisotopic (exact) mass is 232 g/mol. The number of nitrogens with one attached hydrogen (secondary N) is 1. The second kappa shape index (κ2) is 4.99. The summed E-state index contributed by atoms with van der Waals surface area (Å²) in [6.07, 6.45) is 2.66. The fourth-order valence-corrected chi connectivity index (χ4v) is 1.58. The van der Waals surface area contributed by atoms with Crippen molar-refractivity contribution in [1.29, 1.82) is 0 Å². The highest BCUT2D eigenvalue weighted by atomic mass is 35.5. The molecule has 0 unspecified atom stereocenters. The third kappa shape index (κ3) is 2.74. The van der Waals surface area contributed by atoms with Gasteiger partial charge >= 0.3 is 0 Å². The van der Waals surface area contributed by atoms with Crippen molar-refractivity contribution in [2.45, 2.75) is 13.3 Å². The van der Waals surface area contributed by atoms with E-state index in [1.54, 1.807) is 6.20 Å². The van der Waals surface area contributed by atoms with Crippen LogP contribution in [-0.2, 0) is 6.42 Å². The molecule has 0 aliphatic heterocycles. The van der Waals surface area contributed by atoms with Crippen molar-refractivity contribution >= 4 is 23.1 Å². The van der Waals surface area contributed by atoms with Crippen LogP contribution in [0.4, 0.5) is 11.5 Å². The third-order valence-electron chi connectivity index (χ3n) is 2.34. The van der Waals surface area contributed by atoms with Gasteiger partial charge in [0, 0.05) is 11.9 Å². The van der Waals surface area contributed by atoms with Crippen molar-refractivity contribution in [3.05, 3.63) is 53.2 Å². The van der Waals surface area contributed by atoms with Gasteiger partial charge in [0.1, 0.15) is 5.82 Å². The van der Waals surface area contributed by atoms with Gasteiger partial charge in [-0.2, -0.15) is 0 Å². The molecule has 2 aromatic rings. The normalized spacial score (nSPS) is 10.1. The van der Waals surface area contributed by atoms with E-state index in [-0.39, 0.29) is 0 Å². The minimum atomic E-state index is 0.646. The maximum atomic E-state index is 5.77. The highest BCUT2D eigenvalue weighted by Gasteiger charge is 1.97. The van der Waals surface area contributed by atoms with Gasteiger partial charge in [-0.1, -0.05) is 30.7 Å². The Morgan fingerprint density at radius 3 is 2.81 bits per heavy atom. The fourth-order valence-electron chi connectivity index (χ4n) is 1.47. The van der Waals surface area contributed by atoms with Crippen LogP contribution in [0, 0.1) is 0 Å². The molecule has 0 aliphatic carbocycles. The van der Waals surface area contributed by atoms with Crippen molar-refractivity contribution in [1.82, 2.24) is 4.98 Å². The number of hydrogen-bond donors (Lipinski definition) is 1. The summed E-state index contributed by atoms with van der Waals surface area (Å²) in [5.41, 5.74) is 2.35. The van der Waals surface area contributed by atoms with Gasteiger partial charge in [-0.15, -0.1) is 0 Å². The van der Waals surface area contributed by atoms with E-state index in [9.17, 15) is 0 Å². The van der Waals surface area contributed by atoms with Gasteiger partial charge in [0.2, 0.25) is 0 Å². The van der Waals surface area contributed by atoms with Gasteiger partial charge < -0.3 is 5.32 Å². The zero-order chi connectivity index (χ0) is 11.4. The molecule has 0 radical (unpaired) electrons. The van der Waals surface area contributed by atoms with E-state index in [1.165, 1.54) is 5.56 Å². The Kier molecular flexibility index (Phi) is 3.42. The predicted octanol–water partition coefficient (Wildman–Crippen LogP) is 4.04. The Labute approximate surface area is 100 Å². The maximum absolute atomic E-state index is 5.77. The van der Waals surface area contributed by atoms with Gasteiger partial charge in [-0.25, -0.2) is 4.98 Å². The zero-order valence-electron chi connectivity index (χ0n) is 9.07. The smallest absolute Gasteiger partial charge is 0.130 e. The molecule has 1 heterocycles. The molecule has 82 valence electrons. The van der Waals surface area contributed by atoms with Crippen LogP contribution in [0.25, 0.3) is 0 Å². The van der Waals surface area contributed by atoms with E-state index >= 15 is 0 Å². The number of aromatic nitrogens is 1. The average molecular weight is 233 g/mol. The largest absolute Gasteiger partial charge is 0.340 e. The van der Waals surface area contributed by atoms with Crippen LogP contribution >= 0.6 is 11.6 Å². The summed E-state index contributed by atoms with van der Waals surface area (Å²) in [6, 6.07) is 12.0. The molecule has 2 nitrogen and oxygen atoms in total. The molecule has 0 fully saturated rings. The van der Waals surface area contributed by atoms with Crippen molar-refractivity contribution in [2.24, 2.45) is 0 Å². The van der Waals surface area contributed by atoms with E-state index in [4.69, 9.17) is 11.6 Å².